The molecule has 1 aliphatic carbocycles. The first-order valence-electron chi connectivity index (χ1n) is 14.4. The van der Waals surface area contributed by atoms with Gasteiger partial charge in [0, 0.05) is 6.04 Å². The Morgan fingerprint density at radius 1 is 0.976 bits per heavy atom. The number of amidine groups is 1. The molecule has 0 N–H and O–H groups in total. The topological polar surface area (TPSA) is 51.1 Å². The lowest BCUT2D eigenvalue weighted by atomic mass is 9.94. The number of para-hydroxylation sites is 1. The van der Waals surface area contributed by atoms with Crippen LogP contribution in [0.4, 0.5) is 10.1 Å². The first-order chi connectivity index (χ1) is 19.8. The van der Waals surface area contributed by atoms with E-state index in [1.807, 2.05) is 31.2 Å². The number of aryl methyl sites for hydroxylation is 3. The van der Waals surface area contributed by atoms with E-state index in [2.05, 4.69) is 37.9 Å². The van der Waals surface area contributed by atoms with Gasteiger partial charge >= 0.3 is 0 Å². The standard InChI is InChI=1S/C34H37FN2O3S/c1-5-39-31-19-25(15-16-30(31)40-21-27-23(3)17-22(2)18-24(27)4)20-32-33(38)37(26-11-7-6-8-12-26)34(41-32)36-29-14-10-9-13-28(29)35/h9-10,13-20,26H,5-8,11-12,21H2,1-4H3/b32-20-,36-34?. The van der Waals surface area contributed by atoms with Crippen LogP contribution in [0.15, 0.2) is 64.5 Å². The zero-order chi connectivity index (χ0) is 28.9. The Kier molecular flexibility index (Phi) is 9.13. The summed E-state index contributed by atoms with van der Waals surface area (Å²) in [5, 5.41) is 0.534. The van der Waals surface area contributed by atoms with Crippen molar-refractivity contribution < 1.29 is 18.7 Å². The van der Waals surface area contributed by atoms with Gasteiger partial charge in [0.1, 0.15) is 18.1 Å². The van der Waals surface area contributed by atoms with Gasteiger partial charge in [0.15, 0.2) is 16.7 Å². The molecule has 1 saturated heterocycles. The maximum atomic E-state index is 14.5. The molecule has 0 radical (unpaired) electrons. The Bertz CT molecular complexity index is 1470. The average molecular weight is 573 g/mol. The minimum atomic E-state index is -0.401. The van der Waals surface area contributed by atoms with E-state index in [1.54, 1.807) is 23.1 Å². The zero-order valence-electron chi connectivity index (χ0n) is 24.2. The Morgan fingerprint density at radius 3 is 2.41 bits per heavy atom. The van der Waals surface area contributed by atoms with E-state index < -0.39 is 5.82 Å². The van der Waals surface area contributed by atoms with E-state index in [0.29, 0.717) is 34.8 Å². The van der Waals surface area contributed by atoms with Gasteiger partial charge in [0.25, 0.3) is 5.91 Å². The van der Waals surface area contributed by atoms with Crippen LogP contribution in [-0.2, 0) is 11.4 Å². The smallest absolute Gasteiger partial charge is 0.267 e. The van der Waals surface area contributed by atoms with Gasteiger partial charge in [-0.15, -0.1) is 0 Å². The van der Waals surface area contributed by atoms with Crippen LogP contribution in [0.3, 0.4) is 0 Å². The lowest BCUT2D eigenvalue weighted by Crippen LogP contribution is -2.40. The zero-order valence-corrected chi connectivity index (χ0v) is 25.0. The maximum Gasteiger partial charge on any atom is 0.267 e. The summed E-state index contributed by atoms with van der Waals surface area (Å²) in [5.74, 6) is 0.802. The molecule has 3 aromatic rings. The number of carbonyl (C=O) groups excluding carboxylic acids is 1. The van der Waals surface area contributed by atoms with Crippen LogP contribution >= 0.6 is 11.8 Å². The summed E-state index contributed by atoms with van der Waals surface area (Å²) in [6, 6.07) is 16.6. The maximum absolute atomic E-state index is 14.5. The number of aliphatic imine (C=N–C) groups is 1. The molecule has 214 valence electrons. The van der Waals surface area contributed by atoms with Crippen molar-refractivity contribution in [1.82, 2.24) is 4.90 Å². The summed E-state index contributed by atoms with van der Waals surface area (Å²) < 4.78 is 26.7. The van der Waals surface area contributed by atoms with Crippen LogP contribution in [0.1, 0.15) is 66.8 Å². The van der Waals surface area contributed by atoms with Gasteiger partial charge in [0.2, 0.25) is 0 Å². The van der Waals surface area contributed by atoms with Gasteiger partial charge in [-0.05, 0) is 105 Å². The largest absolute Gasteiger partial charge is 0.490 e. The lowest BCUT2D eigenvalue weighted by Gasteiger charge is -2.30. The Hall–Kier alpha value is -3.58. The van der Waals surface area contributed by atoms with Crippen molar-refractivity contribution in [3.05, 3.63) is 93.1 Å². The van der Waals surface area contributed by atoms with Crippen molar-refractivity contribution in [2.45, 2.75) is 72.4 Å². The number of nitrogens with zero attached hydrogens (tertiary/aromatic N) is 2. The van der Waals surface area contributed by atoms with Crippen molar-refractivity contribution in [2.75, 3.05) is 6.61 Å². The first kappa shape index (κ1) is 28.9. The molecule has 0 unspecified atom stereocenters. The summed E-state index contributed by atoms with van der Waals surface area (Å²) in [6.07, 6.45) is 7.05. The molecular weight excluding hydrogens is 535 g/mol. The van der Waals surface area contributed by atoms with Gasteiger partial charge < -0.3 is 9.47 Å². The fraction of sp³-hybridized carbons (Fsp3) is 0.353. The third-order valence-corrected chi connectivity index (χ3v) is 8.61. The van der Waals surface area contributed by atoms with Gasteiger partial charge in [-0.1, -0.05) is 55.2 Å². The minimum absolute atomic E-state index is 0.0728. The molecule has 0 bridgehead atoms. The summed E-state index contributed by atoms with van der Waals surface area (Å²) in [5.41, 5.74) is 5.88. The average Bonchev–Trinajstić information content (AvgIpc) is 3.25. The van der Waals surface area contributed by atoms with Gasteiger partial charge in [0.05, 0.1) is 11.5 Å². The molecule has 1 aliphatic heterocycles. The number of ether oxygens (including phenoxy) is 2. The fourth-order valence-electron chi connectivity index (χ4n) is 5.61. The third-order valence-electron chi connectivity index (χ3n) is 7.62. The summed E-state index contributed by atoms with van der Waals surface area (Å²) in [6.45, 7) is 9.18. The highest BCUT2D eigenvalue weighted by Crippen LogP contribution is 2.40. The quantitative estimate of drug-likeness (QED) is 0.254. The van der Waals surface area contributed by atoms with Crippen molar-refractivity contribution in [1.29, 1.82) is 0 Å². The van der Waals surface area contributed by atoms with Crippen LogP contribution < -0.4 is 9.47 Å². The molecule has 5 rings (SSSR count). The van der Waals surface area contributed by atoms with Crippen LogP contribution in [-0.4, -0.2) is 28.6 Å². The molecule has 0 aromatic heterocycles. The Balaban J connectivity index is 1.43. The molecule has 7 heteroatoms. The normalized spacial score (nSPS) is 18.0. The minimum Gasteiger partial charge on any atom is -0.490 e. The highest BCUT2D eigenvalue weighted by atomic mass is 32.2. The number of hydrogen-bond acceptors (Lipinski definition) is 5. The second-order valence-corrected chi connectivity index (χ2v) is 11.7. The summed E-state index contributed by atoms with van der Waals surface area (Å²) in [4.78, 5) is 20.7. The molecule has 41 heavy (non-hydrogen) atoms. The molecule has 0 atom stereocenters. The van der Waals surface area contributed by atoms with Gasteiger partial charge in [-0.3, -0.25) is 9.69 Å². The number of halogens is 1. The molecule has 1 amide bonds. The molecule has 0 spiro atoms. The van der Waals surface area contributed by atoms with Crippen molar-refractivity contribution in [2.24, 2.45) is 4.99 Å². The number of hydrogen-bond donors (Lipinski definition) is 0. The first-order valence-corrected chi connectivity index (χ1v) is 15.2. The predicted molar refractivity (Wildman–Crippen MR) is 165 cm³/mol. The predicted octanol–water partition coefficient (Wildman–Crippen LogP) is 8.67. The monoisotopic (exact) mass is 572 g/mol. The van der Waals surface area contributed by atoms with Crippen molar-refractivity contribution in [3.8, 4) is 11.5 Å². The number of benzene rings is 3. The highest BCUT2D eigenvalue weighted by Gasteiger charge is 2.38. The number of thioether (sulfide) groups is 1. The molecule has 5 nitrogen and oxygen atoms in total. The molecule has 3 aromatic carbocycles. The second-order valence-electron chi connectivity index (χ2n) is 10.7. The van der Waals surface area contributed by atoms with Crippen LogP contribution in [0.5, 0.6) is 11.5 Å². The SMILES string of the molecule is CCOc1cc(/C=C2\SC(=Nc3ccccc3F)N(C3CCCCC3)C2=O)ccc1OCc1c(C)cc(C)cc1C. The van der Waals surface area contributed by atoms with Crippen molar-refractivity contribution in [3.63, 3.8) is 0 Å². The van der Waals surface area contributed by atoms with Crippen LogP contribution in [0, 0.1) is 26.6 Å². The molecule has 1 heterocycles. The van der Waals surface area contributed by atoms with E-state index in [1.165, 1.54) is 46.5 Å². The molecule has 2 fully saturated rings. The fourth-order valence-corrected chi connectivity index (χ4v) is 6.66. The van der Waals surface area contributed by atoms with E-state index in [0.717, 1.165) is 31.2 Å². The number of amides is 1. The summed E-state index contributed by atoms with van der Waals surface area (Å²) >= 11 is 1.30. The van der Waals surface area contributed by atoms with Crippen LogP contribution in [0.2, 0.25) is 0 Å². The van der Waals surface area contributed by atoms with Gasteiger partial charge in [-0.25, -0.2) is 9.38 Å². The van der Waals surface area contributed by atoms with Gasteiger partial charge in [-0.2, -0.15) is 0 Å². The summed E-state index contributed by atoms with van der Waals surface area (Å²) in [7, 11) is 0. The van der Waals surface area contributed by atoms with E-state index in [4.69, 9.17) is 9.47 Å². The molecular formula is C34H37FN2O3S. The van der Waals surface area contributed by atoms with Crippen LogP contribution in [0.25, 0.3) is 6.08 Å². The van der Waals surface area contributed by atoms with E-state index in [9.17, 15) is 9.18 Å². The Morgan fingerprint density at radius 2 is 1.71 bits per heavy atom. The highest BCUT2D eigenvalue weighted by molar-refractivity contribution is 8.18. The third kappa shape index (κ3) is 6.67. The Labute approximate surface area is 246 Å². The van der Waals surface area contributed by atoms with E-state index in [-0.39, 0.29) is 17.6 Å². The van der Waals surface area contributed by atoms with E-state index >= 15 is 0 Å². The molecule has 1 saturated carbocycles. The lowest BCUT2D eigenvalue weighted by molar-refractivity contribution is -0.124. The van der Waals surface area contributed by atoms with Crippen molar-refractivity contribution >= 4 is 34.6 Å². The second kappa shape index (κ2) is 12.9. The number of carbonyl (C=O) groups is 1. The number of rotatable bonds is 8. The molecule has 2 aliphatic rings.